The normalized spacial score (nSPS) is 22.4. The smallest absolute Gasteiger partial charge is 0.188 e. The van der Waals surface area contributed by atoms with Crippen LogP contribution in [0.1, 0.15) is 51.9 Å². The van der Waals surface area contributed by atoms with Gasteiger partial charge >= 0.3 is 0 Å². The number of nitrogens with zero attached hydrogens (tertiary/aromatic N) is 2. The molecule has 0 spiro atoms. The Balaban J connectivity index is 1.64. The lowest BCUT2D eigenvalue weighted by Crippen LogP contribution is -2.41. The Labute approximate surface area is 111 Å². The molecule has 0 aromatic carbocycles. The fourth-order valence-electron chi connectivity index (χ4n) is 2.84. The highest BCUT2D eigenvalue weighted by Gasteiger charge is 2.27. The zero-order valence-electron chi connectivity index (χ0n) is 11.7. The largest absolute Gasteiger partial charge is 0.370 e. The molecule has 0 saturated heterocycles. The van der Waals surface area contributed by atoms with Gasteiger partial charge in [0.15, 0.2) is 5.96 Å². The van der Waals surface area contributed by atoms with Crippen molar-refractivity contribution in [3.63, 3.8) is 0 Å². The quantitative estimate of drug-likeness (QED) is 0.559. The molecule has 2 saturated carbocycles. The molecular formula is C14H28N4. The highest BCUT2D eigenvalue weighted by Crippen LogP contribution is 2.25. The van der Waals surface area contributed by atoms with Gasteiger partial charge in [-0.25, -0.2) is 0 Å². The topological polar surface area (TPSA) is 53.6 Å². The van der Waals surface area contributed by atoms with Crippen molar-refractivity contribution in [2.45, 2.75) is 64.0 Å². The fourth-order valence-corrected chi connectivity index (χ4v) is 2.84. The van der Waals surface area contributed by atoms with Crippen molar-refractivity contribution < 1.29 is 0 Å². The Morgan fingerprint density at radius 1 is 1.22 bits per heavy atom. The van der Waals surface area contributed by atoms with Crippen molar-refractivity contribution in [1.82, 2.24) is 10.2 Å². The molecule has 4 nitrogen and oxygen atoms in total. The third-order valence-electron chi connectivity index (χ3n) is 4.10. The summed E-state index contributed by atoms with van der Waals surface area (Å²) in [5.74, 6) is 0.647. The molecule has 0 radical (unpaired) electrons. The molecule has 0 atom stereocenters. The lowest BCUT2D eigenvalue weighted by atomic mass is 9.96. The van der Waals surface area contributed by atoms with E-state index in [0.29, 0.717) is 12.0 Å². The van der Waals surface area contributed by atoms with E-state index in [1.54, 1.807) is 0 Å². The molecule has 104 valence electrons. The van der Waals surface area contributed by atoms with Crippen molar-refractivity contribution in [2.75, 3.05) is 19.6 Å². The van der Waals surface area contributed by atoms with E-state index in [4.69, 9.17) is 5.73 Å². The van der Waals surface area contributed by atoms with Crippen LogP contribution >= 0.6 is 0 Å². The second-order valence-electron chi connectivity index (χ2n) is 5.61. The summed E-state index contributed by atoms with van der Waals surface area (Å²) in [5.41, 5.74) is 5.94. The summed E-state index contributed by atoms with van der Waals surface area (Å²) in [5, 5.41) is 3.36. The van der Waals surface area contributed by atoms with E-state index in [1.165, 1.54) is 44.9 Å². The van der Waals surface area contributed by atoms with Gasteiger partial charge in [-0.3, -0.25) is 9.89 Å². The first-order valence-electron chi connectivity index (χ1n) is 7.60. The maximum Gasteiger partial charge on any atom is 0.188 e. The van der Waals surface area contributed by atoms with E-state index >= 15 is 0 Å². The summed E-state index contributed by atoms with van der Waals surface area (Å²) in [6, 6.07) is 1.39. The van der Waals surface area contributed by atoms with Gasteiger partial charge in [0.05, 0.1) is 6.54 Å². The molecule has 0 aromatic heterocycles. The van der Waals surface area contributed by atoms with Gasteiger partial charge in [0, 0.05) is 18.6 Å². The van der Waals surface area contributed by atoms with Crippen LogP contribution in [0.3, 0.4) is 0 Å². The van der Waals surface area contributed by atoms with Crippen molar-refractivity contribution in [3.05, 3.63) is 0 Å². The minimum Gasteiger partial charge on any atom is -0.370 e. The van der Waals surface area contributed by atoms with E-state index in [0.717, 1.165) is 25.7 Å². The van der Waals surface area contributed by atoms with Crippen molar-refractivity contribution in [2.24, 2.45) is 10.7 Å². The molecule has 0 heterocycles. The zero-order chi connectivity index (χ0) is 12.8. The first-order chi connectivity index (χ1) is 8.79. The van der Waals surface area contributed by atoms with E-state index in [2.05, 4.69) is 22.1 Å². The summed E-state index contributed by atoms with van der Waals surface area (Å²) in [6.07, 6.45) is 9.27. The van der Waals surface area contributed by atoms with Crippen molar-refractivity contribution >= 4 is 5.96 Å². The number of aliphatic imine (C=N–C) groups is 1. The van der Waals surface area contributed by atoms with Gasteiger partial charge in [0.2, 0.25) is 0 Å². The molecule has 0 aliphatic heterocycles. The van der Waals surface area contributed by atoms with Gasteiger partial charge in [-0.05, 0) is 32.2 Å². The first-order valence-corrected chi connectivity index (χ1v) is 7.60. The summed E-state index contributed by atoms with van der Waals surface area (Å²) in [4.78, 5) is 6.97. The van der Waals surface area contributed by atoms with Crippen LogP contribution in [0.15, 0.2) is 4.99 Å². The Kier molecular flexibility index (Phi) is 5.29. The average molecular weight is 252 g/mol. The van der Waals surface area contributed by atoms with Crippen LogP contribution in [0.5, 0.6) is 0 Å². The van der Waals surface area contributed by atoms with Crippen LogP contribution in [0, 0.1) is 0 Å². The third-order valence-corrected chi connectivity index (χ3v) is 4.10. The molecule has 2 fully saturated rings. The highest BCUT2D eigenvalue weighted by atomic mass is 15.2. The standard InChI is InChI=1S/C14H28N4/c1-2-18(13-8-9-13)11-10-16-14(15)17-12-6-4-3-5-7-12/h12-13H,2-11H2,1H3,(H3,15,16,17). The van der Waals surface area contributed by atoms with E-state index in [9.17, 15) is 0 Å². The van der Waals surface area contributed by atoms with Crippen molar-refractivity contribution in [1.29, 1.82) is 0 Å². The number of nitrogens with one attached hydrogen (secondary N) is 1. The average Bonchev–Trinajstić information content (AvgIpc) is 3.20. The molecule has 0 bridgehead atoms. The molecule has 0 aromatic rings. The lowest BCUT2D eigenvalue weighted by Gasteiger charge is -2.23. The number of likely N-dealkylation sites (N-methyl/N-ethyl adjacent to an activating group) is 1. The van der Waals surface area contributed by atoms with Gasteiger partial charge in [-0.1, -0.05) is 26.2 Å². The fraction of sp³-hybridized carbons (Fsp3) is 0.929. The SMILES string of the molecule is CCN(CCN=C(N)NC1CCCCC1)C1CC1. The Hall–Kier alpha value is -0.770. The molecular weight excluding hydrogens is 224 g/mol. The second-order valence-corrected chi connectivity index (χ2v) is 5.61. The Morgan fingerprint density at radius 3 is 2.56 bits per heavy atom. The van der Waals surface area contributed by atoms with Crippen LogP contribution in [0.2, 0.25) is 0 Å². The predicted octanol–water partition coefficient (Wildman–Crippen LogP) is 1.71. The van der Waals surface area contributed by atoms with Gasteiger partial charge in [-0.2, -0.15) is 0 Å². The predicted molar refractivity (Wildman–Crippen MR) is 76.8 cm³/mol. The molecule has 4 heteroatoms. The number of rotatable bonds is 6. The highest BCUT2D eigenvalue weighted by molar-refractivity contribution is 5.78. The molecule has 0 amide bonds. The Morgan fingerprint density at radius 2 is 1.94 bits per heavy atom. The van der Waals surface area contributed by atoms with Gasteiger partial charge in [-0.15, -0.1) is 0 Å². The molecule has 18 heavy (non-hydrogen) atoms. The number of hydrogen-bond acceptors (Lipinski definition) is 2. The van der Waals surface area contributed by atoms with Crippen LogP contribution in [-0.4, -0.2) is 42.6 Å². The number of hydrogen-bond donors (Lipinski definition) is 2. The van der Waals surface area contributed by atoms with E-state index in [1.807, 2.05) is 0 Å². The minimum absolute atomic E-state index is 0.563. The summed E-state index contributed by atoms with van der Waals surface area (Å²) in [7, 11) is 0. The number of guanidine groups is 1. The van der Waals surface area contributed by atoms with E-state index < -0.39 is 0 Å². The van der Waals surface area contributed by atoms with Crippen LogP contribution in [0.4, 0.5) is 0 Å². The maximum atomic E-state index is 5.94. The van der Waals surface area contributed by atoms with Gasteiger partial charge < -0.3 is 11.1 Å². The summed E-state index contributed by atoms with van der Waals surface area (Å²) < 4.78 is 0. The summed E-state index contributed by atoms with van der Waals surface area (Å²) >= 11 is 0. The molecule has 3 N–H and O–H groups in total. The van der Waals surface area contributed by atoms with Crippen LogP contribution in [-0.2, 0) is 0 Å². The first kappa shape index (κ1) is 13.7. The third kappa shape index (κ3) is 4.48. The maximum absolute atomic E-state index is 5.94. The molecule has 2 aliphatic rings. The lowest BCUT2D eigenvalue weighted by molar-refractivity contribution is 0.286. The van der Waals surface area contributed by atoms with E-state index in [-0.39, 0.29) is 0 Å². The molecule has 2 rings (SSSR count). The minimum atomic E-state index is 0.563. The van der Waals surface area contributed by atoms with Gasteiger partial charge in [0.25, 0.3) is 0 Å². The van der Waals surface area contributed by atoms with Crippen LogP contribution < -0.4 is 11.1 Å². The number of nitrogens with two attached hydrogens (primary N) is 1. The summed E-state index contributed by atoms with van der Waals surface area (Å²) in [6.45, 7) is 5.24. The van der Waals surface area contributed by atoms with Crippen LogP contribution in [0.25, 0.3) is 0 Å². The Bertz CT molecular complexity index is 267. The molecule has 2 aliphatic carbocycles. The zero-order valence-corrected chi connectivity index (χ0v) is 11.7. The monoisotopic (exact) mass is 252 g/mol. The second kappa shape index (κ2) is 6.98. The van der Waals surface area contributed by atoms with Crippen molar-refractivity contribution in [3.8, 4) is 0 Å². The molecule has 0 unspecified atom stereocenters. The van der Waals surface area contributed by atoms with Gasteiger partial charge in [0.1, 0.15) is 0 Å².